The summed E-state index contributed by atoms with van der Waals surface area (Å²) in [5.74, 6) is 0.909. The third-order valence-electron chi connectivity index (χ3n) is 3.84. The summed E-state index contributed by atoms with van der Waals surface area (Å²) >= 11 is 0. The van der Waals surface area contributed by atoms with Gasteiger partial charge in [-0.15, -0.1) is 0 Å². The number of hydrogen-bond donors (Lipinski definition) is 1. The van der Waals surface area contributed by atoms with E-state index in [4.69, 9.17) is 14.2 Å². The van der Waals surface area contributed by atoms with Gasteiger partial charge in [0, 0.05) is 12.1 Å². The highest BCUT2D eigenvalue weighted by molar-refractivity contribution is 5.79. The Labute approximate surface area is 148 Å². The molecule has 0 atom stereocenters. The van der Waals surface area contributed by atoms with Crippen LogP contribution >= 0.6 is 0 Å². The topological polar surface area (TPSA) is 77.1 Å². The Bertz CT molecular complexity index is 624. The van der Waals surface area contributed by atoms with Gasteiger partial charge in [-0.2, -0.15) is 0 Å². The SMILES string of the molecule is CCOC(=O)CN(CC(=O)NCc1ccc2c(c1)OCO2)C(C)(C)C. The van der Waals surface area contributed by atoms with Crippen LogP contribution in [0.3, 0.4) is 0 Å². The summed E-state index contributed by atoms with van der Waals surface area (Å²) in [5, 5.41) is 2.87. The van der Waals surface area contributed by atoms with E-state index < -0.39 is 0 Å². The molecule has 1 aromatic carbocycles. The molecule has 1 aliphatic heterocycles. The second kappa shape index (κ2) is 8.20. The summed E-state index contributed by atoms with van der Waals surface area (Å²) in [5.41, 5.74) is 0.591. The van der Waals surface area contributed by atoms with Gasteiger partial charge in [0.15, 0.2) is 11.5 Å². The highest BCUT2D eigenvalue weighted by atomic mass is 16.7. The van der Waals surface area contributed by atoms with E-state index in [9.17, 15) is 9.59 Å². The van der Waals surface area contributed by atoms with E-state index in [-0.39, 0.29) is 37.3 Å². The summed E-state index contributed by atoms with van der Waals surface area (Å²) < 4.78 is 15.6. The smallest absolute Gasteiger partial charge is 0.320 e. The lowest BCUT2D eigenvalue weighted by Crippen LogP contribution is -2.49. The number of rotatable bonds is 7. The minimum absolute atomic E-state index is 0.0782. The summed E-state index contributed by atoms with van der Waals surface area (Å²) in [7, 11) is 0. The molecule has 0 aromatic heterocycles. The van der Waals surface area contributed by atoms with Crippen molar-refractivity contribution in [3.63, 3.8) is 0 Å². The maximum atomic E-state index is 12.3. The number of nitrogens with zero attached hydrogens (tertiary/aromatic N) is 1. The van der Waals surface area contributed by atoms with E-state index in [0.717, 1.165) is 5.56 Å². The van der Waals surface area contributed by atoms with Gasteiger partial charge in [0.2, 0.25) is 12.7 Å². The van der Waals surface area contributed by atoms with Gasteiger partial charge in [0.1, 0.15) is 0 Å². The third kappa shape index (κ3) is 5.63. The van der Waals surface area contributed by atoms with Gasteiger partial charge in [0.05, 0.1) is 19.7 Å². The van der Waals surface area contributed by atoms with Crippen molar-refractivity contribution in [2.75, 3.05) is 26.5 Å². The third-order valence-corrected chi connectivity index (χ3v) is 3.84. The second-order valence-corrected chi connectivity index (χ2v) is 6.80. The van der Waals surface area contributed by atoms with Gasteiger partial charge < -0.3 is 19.5 Å². The van der Waals surface area contributed by atoms with Crippen molar-refractivity contribution in [2.45, 2.75) is 39.8 Å². The Hall–Kier alpha value is -2.28. The van der Waals surface area contributed by atoms with Crippen molar-refractivity contribution >= 4 is 11.9 Å². The van der Waals surface area contributed by atoms with Crippen LogP contribution in [0.25, 0.3) is 0 Å². The molecule has 2 rings (SSSR count). The minimum atomic E-state index is -0.332. The number of esters is 1. The predicted molar refractivity (Wildman–Crippen MR) is 92.4 cm³/mol. The first-order valence-electron chi connectivity index (χ1n) is 8.35. The number of carbonyl (C=O) groups excluding carboxylic acids is 2. The number of amides is 1. The molecule has 25 heavy (non-hydrogen) atoms. The number of ether oxygens (including phenoxy) is 3. The average Bonchev–Trinajstić information content (AvgIpc) is 2.99. The highest BCUT2D eigenvalue weighted by Crippen LogP contribution is 2.32. The molecule has 1 aliphatic rings. The minimum Gasteiger partial charge on any atom is -0.465 e. The zero-order chi connectivity index (χ0) is 18.4. The van der Waals surface area contributed by atoms with E-state index in [0.29, 0.717) is 24.7 Å². The molecule has 1 amide bonds. The van der Waals surface area contributed by atoms with Crippen LogP contribution in [0.4, 0.5) is 0 Å². The molecule has 0 bridgehead atoms. The molecule has 0 saturated carbocycles. The molecule has 0 unspecified atom stereocenters. The molecule has 1 N–H and O–H groups in total. The number of hydrogen-bond acceptors (Lipinski definition) is 6. The number of benzene rings is 1. The zero-order valence-corrected chi connectivity index (χ0v) is 15.3. The summed E-state index contributed by atoms with van der Waals surface area (Å²) in [6.45, 7) is 8.75. The molecule has 0 saturated heterocycles. The van der Waals surface area contributed by atoms with Gasteiger partial charge in [-0.25, -0.2) is 0 Å². The average molecular weight is 350 g/mol. The Balaban J connectivity index is 1.89. The van der Waals surface area contributed by atoms with Gasteiger partial charge in [-0.1, -0.05) is 6.07 Å². The Morgan fingerprint density at radius 2 is 1.92 bits per heavy atom. The van der Waals surface area contributed by atoms with E-state index in [1.54, 1.807) is 11.8 Å². The first kappa shape index (κ1) is 19.1. The quantitative estimate of drug-likeness (QED) is 0.754. The van der Waals surface area contributed by atoms with Crippen LogP contribution in [-0.4, -0.2) is 48.8 Å². The molecule has 0 spiro atoms. The molecule has 7 nitrogen and oxygen atoms in total. The maximum Gasteiger partial charge on any atom is 0.320 e. The van der Waals surface area contributed by atoms with E-state index >= 15 is 0 Å². The normalized spacial score (nSPS) is 13.0. The fraction of sp³-hybridized carbons (Fsp3) is 0.556. The summed E-state index contributed by atoms with van der Waals surface area (Å²) in [6.07, 6.45) is 0. The second-order valence-electron chi connectivity index (χ2n) is 6.80. The number of carbonyl (C=O) groups is 2. The van der Waals surface area contributed by atoms with Crippen molar-refractivity contribution < 1.29 is 23.8 Å². The number of fused-ring (bicyclic) bond motifs is 1. The highest BCUT2D eigenvalue weighted by Gasteiger charge is 2.26. The Morgan fingerprint density at radius 1 is 1.20 bits per heavy atom. The van der Waals surface area contributed by atoms with Crippen LogP contribution < -0.4 is 14.8 Å². The molecular weight excluding hydrogens is 324 g/mol. The van der Waals surface area contributed by atoms with Crippen molar-refractivity contribution in [3.05, 3.63) is 23.8 Å². The number of nitrogens with one attached hydrogen (secondary N) is 1. The van der Waals surface area contributed by atoms with E-state index in [1.807, 2.05) is 39.0 Å². The molecule has 1 heterocycles. The molecule has 1 aromatic rings. The molecule has 0 fully saturated rings. The molecular formula is C18H26N2O5. The summed E-state index contributed by atoms with van der Waals surface area (Å²) in [6, 6.07) is 5.56. The first-order chi connectivity index (χ1) is 11.8. The first-order valence-corrected chi connectivity index (χ1v) is 8.35. The summed E-state index contributed by atoms with van der Waals surface area (Å²) in [4.78, 5) is 25.8. The molecule has 0 aliphatic carbocycles. The molecule has 7 heteroatoms. The van der Waals surface area contributed by atoms with Crippen LogP contribution in [-0.2, 0) is 20.9 Å². The lowest BCUT2D eigenvalue weighted by molar-refractivity contribution is -0.146. The molecule has 138 valence electrons. The van der Waals surface area contributed by atoms with E-state index in [1.165, 1.54) is 0 Å². The zero-order valence-electron chi connectivity index (χ0n) is 15.3. The van der Waals surface area contributed by atoms with Gasteiger partial charge in [-0.05, 0) is 45.4 Å². The van der Waals surface area contributed by atoms with Crippen LogP contribution in [0, 0.1) is 0 Å². The fourth-order valence-electron chi connectivity index (χ4n) is 2.37. The van der Waals surface area contributed by atoms with Gasteiger partial charge in [-0.3, -0.25) is 14.5 Å². The van der Waals surface area contributed by atoms with Crippen LogP contribution in [0.15, 0.2) is 18.2 Å². The Morgan fingerprint density at radius 3 is 2.60 bits per heavy atom. The monoisotopic (exact) mass is 350 g/mol. The van der Waals surface area contributed by atoms with Crippen molar-refractivity contribution in [1.29, 1.82) is 0 Å². The fourth-order valence-corrected chi connectivity index (χ4v) is 2.37. The van der Waals surface area contributed by atoms with Crippen LogP contribution in [0.5, 0.6) is 11.5 Å². The largest absolute Gasteiger partial charge is 0.465 e. The van der Waals surface area contributed by atoms with Crippen molar-refractivity contribution in [1.82, 2.24) is 10.2 Å². The Kier molecular flexibility index (Phi) is 6.25. The predicted octanol–water partition coefficient (Wildman–Crippen LogP) is 1.70. The van der Waals surface area contributed by atoms with E-state index in [2.05, 4.69) is 5.32 Å². The van der Waals surface area contributed by atoms with Crippen LogP contribution in [0.1, 0.15) is 33.3 Å². The standard InChI is InChI=1S/C18H26N2O5/c1-5-23-17(22)11-20(18(2,3)4)10-16(21)19-9-13-6-7-14-15(8-13)25-12-24-14/h6-8H,5,9-12H2,1-4H3,(H,19,21). The van der Waals surface area contributed by atoms with Crippen LogP contribution in [0.2, 0.25) is 0 Å². The molecule has 0 radical (unpaired) electrons. The lowest BCUT2D eigenvalue weighted by atomic mass is 10.1. The van der Waals surface area contributed by atoms with Gasteiger partial charge >= 0.3 is 5.97 Å². The van der Waals surface area contributed by atoms with Crippen molar-refractivity contribution in [2.24, 2.45) is 0 Å². The maximum absolute atomic E-state index is 12.3. The van der Waals surface area contributed by atoms with Gasteiger partial charge in [0.25, 0.3) is 0 Å². The van der Waals surface area contributed by atoms with Crippen molar-refractivity contribution in [3.8, 4) is 11.5 Å². The lowest BCUT2D eigenvalue weighted by Gasteiger charge is -2.34.